The highest BCUT2D eigenvalue weighted by Crippen LogP contribution is 2.18. The van der Waals surface area contributed by atoms with Gasteiger partial charge < -0.3 is 4.74 Å². The molecule has 27 heavy (non-hydrogen) atoms. The van der Waals surface area contributed by atoms with Crippen LogP contribution in [-0.2, 0) is 14.5 Å². The minimum atomic E-state index is -0.786. The number of esters is 1. The predicted octanol–water partition coefficient (Wildman–Crippen LogP) is 4.60. The Kier molecular flexibility index (Phi) is 6.52. The number of carbonyl (C=O) groups is 2. The molecule has 0 bridgehead atoms. The zero-order valence-electron chi connectivity index (χ0n) is 16.4. The van der Waals surface area contributed by atoms with E-state index in [0.29, 0.717) is 16.7 Å². The molecule has 0 aliphatic rings. The van der Waals surface area contributed by atoms with E-state index in [9.17, 15) is 9.59 Å². The van der Waals surface area contributed by atoms with Crippen molar-refractivity contribution in [3.8, 4) is 0 Å². The molecule has 2 rings (SSSR count). The number of rotatable bonds is 7. The van der Waals surface area contributed by atoms with Gasteiger partial charge in [0.25, 0.3) is 0 Å². The minimum Gasteiger partial charge on any atom is -0.459 e. The van der Waals surface area contributed by atoms with Crippen LogP contribution in [0.5, 0.6) is 0 Å². The molecule has 0 amide bonds. The number of hydrogen-bond donors (Lipinski definition) is 0. The van der Waals surface area contributed by atoms with E-state index in [0.717, 1.165) is 0 Å². The number of hydrogen-bond acceptors (Lipinski definition) is 5. The Morgan fingerprint density at radius 1 is 0.741 bits per heavy atom. The van der Waals surface area contributed by atoms with Gasteiger partial charge in [-0.25, -0.2) is 14.6 Å². The van der Waals surface area contributed by atoms with Crippen LogP contribution in [0.2, 0.25) is 0 Å². The number of ether oxygens (including phenoxy) is 1. The van der Waals surface area contributed by atoms with Crippen molar-refractivity contribution >= 4 is 11.8 Å². The fraction of sp³-hybridized carbons (Fsp3) is 0.364. The Bertz CT molecular complexity index is 771. The van der Waals surface area contributed by atoms with Crippen LogP contribution >= 0.6 is 0 Å². The largest absolute Gasteiger partial charge is 0.459 e. The van der Waals surface area contributed by atoms with Crippen molar-refractivity contribution in [2.24, 2.45) is 0 Å². The third kappa shape index (κ3) is 6.62. The fourth-order valence-corrected chi connectivity index (χ4v) is 2.10. The van der Waals surface area contributed by atoms with Crippen LogP contribution in [0.4, 0.5) is 0 Å². The first-order chi connectivity index (χ1) is 12.6. The summed E-state index contributed by atoms with van der Waals surface area (Å²) in [4.78, 5) is 35.3. The monoisotopic (exact) mass is 370 g/mol. The molecule has 0 aromatic heterocycles. The van der Waals surface area contributed by atoms with Gasteiger partial charge in [0, 0.05) is 11.1 Å². The topological polar surface area (TPSA) is 61.8 Å². The third-order valence-corrected chi connectivity index (χ3v) is 3.49. The van der Waals surface area contributed by atoms with Gasteiger partial charge in [-0.05, 0) is 46.8 Å². The minimum absolute atomic E-state index is 0.0343. The first kappa shape index (κ1) is 20.8. The molecule has 0 saturated heterocycles. The maximum Gasteiger partial charge on any atom is 0.338 e. The smallest absolute Gasteiger partial charge is 0.338 e. The van der Waals surface area contributed by atoms with Gasteiger partial charge in [0.05, 0.1) is 11.2 Å². The Hall–Kier alpha value is -2.50. The fourth-order valence-electron chi connectivity index (χ4n) is 2.10. The summed E-state index contributed by atoms with van der Waals surface area (Å²) in [6.45, 7) is 9.18. The van der Waals surface area contributed by atoms with Crippen LogP contribution < -0.4 is 0 Å². The number of carbonyl (C=O) groups excluding carboxylic acids is 2. The highest BCUT2D eigenvalue weighted by atomic mass is 17.2. The molecule has 0 aliphatic carbocycles. The lowest BCUT2D eigenvalue weighted by Crippen LogP contribution is -2.35. The quantitative estimate of drug-likeness (QED) is 0.308. The summed E-state index contributed by atoms with van der Waals surface area (Å²) in [5.41, 5.74) is 0.242. The van der Waals surface area contributed by atoms with Crippen LogP contribution in [0.3, 0.4) is 0 Å². The van der Waals surface area contributed by atoms with Gasteiger partial charge in [0.2, 0.25) is 0 Å². The number of ketones is 1. The molecular weight excluding hydrogens is 344 g/mol. The lowest BCUT2D eigenvalue weighted by atomic mass is 10.0. The van der Waals surface area contributed by atoms with Crippen LogP contribution in [0, 0.1) is 0 Å². The normalized spacial score (nSPS) is 11.9. The summed E-state index contributed by atoms with van der Waals surface area (Å²) in [5.74, 6) is -0.578. The van der Waals surface area contributed by atoms with Gasteiger partial charge in [-0.15, -0.1) is 0 Å². The molecule has 0 heterocycles. The average molecular weight is 370 g/mol. The summed E-state index contributed by atoms with van der Waals surface area (Å²) in [7, 11) is 0. The van der Waals surface area contributed by atoms with Gasteiger partial charge in [-0.3, -0.25) is 4.79 Å². The van der Waals surface area contributed by atoms with Crippen LogP contribution in [0.15, 0.2) is 54.6 Å². The van der Waals surface area contributed by atoms with Crippen molar-refractivity contribution in [2.45, 2.75) is 45.8 Å². The highest BCUT2D eigenvalue weighted by Gasteiger charge is 2.26. The van der Waals surface area contributed by atoms with E-state index in [1.165, 1.54) is 0 Å². The summed E-state index contributed by atoms with van der Waals surface area (Å²) >= 11 is 0. The molecular formula is C22H26O5. The summed E-state index contributed by atoms with van der Waals surface area (Å²) in [6.07, 6.45) is 0. The van der Waals surface area contributed by atoms with Crippen molar-refractivity contribution < 1.29 is 24.1 Å². The molecule has 0 N–H and O–H groups in total. The molecule has 5 nitrogen and oxygen atoms in total. The summed E-state index contributed by atoms with van der Waals surface area (Å²) in [6, 6.07) is 15.4. The van der Waals surface area contributed by atoms with Crippen LogP contribution in [0.1, 0.15) is 60.9 Å². The van der Waals surface area contributed by atoms with Crippen molar-refractivity contribution in [2.75, 3.05) is 6.61 Å². The summed E-state index contributed by atoms with van der Waals surface area (Å²) < 4.78 is 5.31. The van der Waals surface area contributed by atoms with E-state index in [2.05, 4.69) is 0 Å². The second-order valence-corrected chi connectivity index (χ2v) is 7.89. The van der Waals surface area contributed by atoms with Gasteiger partial charge in [0.1, 0.15) is 12.2 Å². The first-order valence-electron chi connectivity index (χ1n) is 8.81. The Morgan fingerprint density at radius 2 is 1.26 bits per heavy atom. The molecule has 0 fully saturated rings. The molecule has 0 aliphatic heterocycles. The van der Waals surface area contributed by atoms with E-state index in [1.54, 1.807) is 50.2 Å². The maximum atomic E-state index is 12.4. The molecule has 0 unspecified atom stereocenters. The standard InChI is InChI=1S/C22H26O5/c1-21(2,3)26-27-22(4,5)15-25-20(24)18-13-11-17(12-14-18)19(23)16-9-7-6-8-10-16/h6-14H,15H2,1-5H3. The van der Waals surface area contributed by atoms with E-state index >= 15 is 0 Å². The SMILES string of the molecule is CC(C)(C)OOC(C)(C)COC(=O)c1ccc(C(=O)c2ccccc2)cc1. The molecule has 0 atom stereocenters. The first-order valence-corrected chi connectivity index (χ1v) is 8.81. The number of benzene rings is 2. The zero-order valence-corrected chi connectivity index (χ0v) is 16.4. The van der Waals surface area contributed by atoms with Crippen LogP contribution in [-0.4, -0.2) is 29.6 Å². The Morgan fingerprint density at radius 3 is 1.81 bits per heavy atom. The van der Waals surface area contributed by atoms with Crippen molar-refractivity contribution in [1.29, 1.82) is 0 Å². The van der Waals surface area contributed by atoms with Gasteiger partial charge in [0.15, 0.2) is 5.78 Å². The molecule has 5 heteroatoms. The predicted molar refractivity (Wildman–Crippen MR) is 103 cm³/mol. The Balaban J connectivity index is 1.94. The average Bonchev–Trinajstić information content (AvgIpc) is 2.64. The highest BCUT2D eigenvalue weighted by molar-refractivity contribution is 6.09. The maximum absolute atomic E-state index is 12.4. The second-order valence-electron chi connectivity index (χ2n) is 7.89. The van der Waals surface area contributed by atoms with E-state index in [1.807, 2.05) is 39.0 Å². The van der Waals surface area contributed by atoms with Crippen molar-refractivity contribution in [1.82, 2.24) is 0 Å². The lowest BCUT2D eigenvalue weighted by Gasteiger charge is -2.28. The zero-order chi connectivity index (χ0) is 20.1. The van der Waals surface area contributed by atoms with E-state index < -0.39 is 17.2 Å². The van der Waals surface area contributed by atoms with Crippen LogP contribution in [0.25, 0.3) is 0 Å². The molecule has 0 spiro atoms. The van der Waals surface area contributed by atoms with Gasteiger partial charge in [-0.1, -0.05) is 42.5 Å². The van der Waals surface area contributed by atoms with E-state index in [4.69, 9.17) is 14.5 Å². The lowest BCUT2D eigenvalue weighted by molar-refractivity contribution is -0.400. The van der Waals surface area contributed by atoms with Crippen molar-refractivity contribution in [3.63, 3.8) is 0 Å². The Labute approximate surface area is 160 Å². The van der Waals surface area contributed by atoms with Gasteiger partial charge in [-0.2, -0.15) is 0 Å². The van der Waals surface area contributed by atoms with Crippen molar-refractivity contribution in [3.05, 3.63) is 71.3 Å². The molecule has 0 saturated carbocycles. The molecule has 2 aromatic carbocycles. The van der Waals surface area contributed by atoms with E-state index in [-0.39, 0.29) is 12.4 Å². The summed E-state index contributed by atoms with van der Waals surface area (Å²) in [5, 5.41) is 0. The second kappa shape index (κ2) is 8.46. The third-order valence-electron chi connectivity index (χ3n) is 3.49. The molecule has 144 valence electrons. The molecule has 0 radical (unpaired) electrons. The van der Waals surface area contributed by atoms with Gasteiger partial charge >= 0.3 is 5.97 Å². The molecule has 2 aromatic rings.